The summed E-state index contributed by atoms with van der Waals surface area (Å²) in [6.07, 6.45) is 1.67. The molecule has 1 aliphatic rings. The van der Waals surface area contributed by atoms with Crippen molar-refractivity contribution in [1.82, 2.24) is 20.1 Å². The molecule has 0 saturated heterocycles. The van der Waals surface area contributed by atoms with Gasteiger partial charge in [-0.15, -0.1) is 10.2 Å². The number of nitrogens with zero attached hydrogens (tertiary/aromatic N) is 4. The highest BCUT2D eigenvalue weighted by Crippen LogP contribution is 2.33. The molecule has 30 heavy (non-hydrogen) atoms. The number of carbonyl (C=O) groups excluding carboxylic acids is 1. The van der Waals surface area contributed by atoms with Gasteiger partial charge in [0.25, 0.3) is 5.91 Å². The van der Waals surface area contributed by atoms with E-state index in [0.29, 0.717) is 17.1 Å². The predicted molar refractivity (Wildman–Crippen MR) is 119 cm³/mol. The molecule has 3 aromatic rings. The van der Waals surface area contributed by atoms with Crippen molar-refractivity contribution >= 4 is 23.2 Å². The van der Waals surface area contributed by atoms with Gasteiger partial charge in [0, 0.05) is 28.3 Å². The molecule has 154 valence electrons. The Morgan fingerprint density at radius 1 is 1.13 bits per heavy atom. The summed E-state index contributed by atoms with van der Waals surface area (Å²) in [5, 5.41) is 12.3. The number of aromatic nitrogens is 3. The van der Waals surface area contributed by atoms with Crippen LogP contribution in [0.4, 0.5) is 0 Å². The highest BCUT2D eigenvalue weighted by molar-refractivity contribution is 6.30. The Kier molecular flexibility index (Phi) is 5.68. The first-order chi connectivity index (χ1) is 14.5. The number of carbonyl (C=O) groups is 1. The Bertz CT molecular complexity index is 1120. The van der Waals surface area contributed by atoms with E-state index in [9.17, 15) is 4.79 Å². The van der Waals surface area contributed by atoms with E-state index in [0.717, 1.165) is 47.0 Å². The van der Waals surface area contributed by atoms with E-state index < -0.39 is 0 Å². The summed E-state index contributed by atoms with van der Waals surface area (Å²) in [4.78, 5) is 17.7. The Morgan fingerprint density at radius 3 is 2.60 bits per heavy atom. The molecule has 0 spiro atoms. The minimum absolute atomic E-state index is 0.0907. The Morgan fingerprint density at radius 2 is 1.90 bits per heavy atom. The van der Waals surface area contributed by atoms with E-state index in [1.807, 2.05) is 60.9 Å². The van der Waals surface area contributed by atoms with Crippen LogP contribution in [0.5, 0.6) is 0 Å². The number of benzene rings is 2. The Balaban J connectivity index is 1.94. The van der Waals surface area contributed by atoms with Gasteiger partial charge in [0.05, 0.1) is 11.4 Å². The van der Waals surface area contributed by atoms with Crippen molar-refractivity contribution in [2.24, 2.45) is 4.99 Å². The zero-order chi connectivity index (χ0) is 21.3. The third kappa shape index (κ3) is 3.63. The maximum Gasteiger partial charge on any atom is 0.251 e. The number of halogens is 1. The Hall–Kier alpha value is -2.99. The van der Waals surface area contributed by atoms with Crippen molar-refractivity contribution in [3.05, 3.63) is 75.8 Å². The molecule has 0 saturated carbocycles. The lowest BCUT2D eigenvalue weighted by molar-refractivity contribution is 0.0953. The summed E-state index contributed by atoms with van der Waals surface area (Å²) < 4.78 is 2.05. The number of hydrogen-bond acceptors (Lipinski definition) is 4. The second-order valence-corrected chi connectivity index (χ2v) is 7.77. The molecule has 7 heteroatoms. The summed E-state index contributed by atoms with van der Waals surface area (Å²) in [5.41, 5.74) is 4.17. The molecule has 0 fully saturated rings. The Labute approximate surface area is 181 Å². The van der Waals surface area contributed by atoms with Crippen LogP contribution in [-0.2, 0) is 0 Å². The normalized spacial score (nSPS) is 15.1. The van der Waals surface area contributed by atoms with Gasteiger partial charge in [-0.3, -0.25) is 14.4 Å². The van der Waals surface area contributed by atoms with E-state index in [2.05, 4.69) is 22.4 Å². The van der Waals surface area contributed by atoms with E-state index in [-0.39, 0.29) is 11.9 Å². The second kappa shape index (κ2) is 8.40. The molecule has 1 atom stereocenters. The van der Waals surface area contributed by atoms with Gasteiger partial charge in [-0.25, -0.2) is 0 Å². The van der Waals surface area contributed by atoms with Gasteiger partial charge in [-0.2, -0.15) is 0 Å². The van der Waals surface area contributed by atoms with E-state index in [1.54, 1.807) is 0 Å². The highest BCUT2D eigenvalue weighted by atomic mass is 35.5. The molecule has 1 aromatic heterocycles. The van der Waals surface area contributed by atoms with Gasteiger partial charge >= 0.3 is 0 Å². The van der Waals surface area contributed by atoms with E-state index >= 15 is 0 Å². The third-order valence-electron chi connectivity index (χ3n) is 5.23. The fourth-order valence-electron chi connectivity index (χ4n) is 3.69. The van der Waals surface area contributed by atoms with Crippen LogP contribution in [0.3, 0.4) is 0 Å². The van der Waals surface area contributed by atoms with Crippen molar-refractivity contribution in [2.45, 2.75) is 39.7 Å². The molecule has 4 rings (SSSR count). The average Bonchev–Trinajstić information content (AvgIpc) is 3.07. The first-order valence-corrected chi connectivity index (χ1v) is 10.6. The monoisotopic (exact) mass is 421 g/mol. The van der Waals surface area contributed by atoms with Gasteiger partial charge in [-0.1, -0.05) is 37.6 Å². The molecule has 1 N–H and O–H groups in total. The number of fused-ring (bicyclic) bond motifs is 3. The van der Waals surface area contributed by atoms with Crippen LogP contribution in [0.25, 0.3) is 5.69 Å². The molecule has 0 aliphatic carbocycles. The topological polar surface area (TPSA) is 72.2 Å². The van der Waals surface area contributed by atoms with Gasteiger partial charge < -0.3 is 5.32 Å². The van der Waals surface area contributed by atoms with E-state index in [4.69, 9.17) is 16.6 Å². The van der Waals surface area contributed by atoms with Crippen LogP contribution >= 0.6 is 11.6 Å². The lowest BCUT2D eigenvalue weighted by Crippen LogP contribution is -2.24. The lowest BCUT2D eigenvalue weighted by Gasteiger charge is -2.14. The zero-order valence-corrected chi connectivity index (χ0v) is 18.1. The standard InChI is InChI=1S/C23H24ClN5O/c1-4-12-25-23(30)16-8-11-20-18(13-16)21(15-6-9-17(24)10-7-15)26-19(5-2)22-28-27-14(3)29(20)22/h6-11,13,19H,4-5,12H2,1-3H3,(H,25,30)/t19-/m0/s1. The smallest absolute Gasteiger partial charge is 0.251 e. The quantitative estimate of drug-likeness (QED) is 0.650. The number of nitrogens with one attached hydrogen (secondary N) is 1. The molecule has 0 bridgehead atoms. The third-order valence-corrected chi connectivity index (χ3v) is 5.48. The SMILES string of the molecule is CCCNC(=O)c1ccc2c(c1)C(c1ccc(Cl)cc1)=N[C@@H](CC)c1nnc(C)n1-2. The fourth-order valence-corrected chi connectivity index (χ4v) is 3.82. The molecule has 1 aliphatic heterocycles. The summed E-state index contributed by atoms with van der Waals surface area (Å²) >= 11 is 6.12. The summed E-state index contributed by atoms with van der Waals surface area (Å²) in [6.45, 7) is 6.69. The number of amides is 1. The minimum Gasteiger partial charge on any atom is -0.352 e. The first kappa shape index (κ1) is 20.3. The van der Waals surface area contributed by atoms with Crippen LogP contribution < -0.4 is 5.32 Å². The summed E-state index contributed by atoms with van der Waals surface area (Å²) in [7, 11) is 0. The van der Waals surface area contributed by atoms with Crippen LogP contribution in [0, 0.1) is 6.92 Å². The molecule has 0 unspecified atom stereocenters. The fraction of sp³-hybridized carbons (Fsp3) is 0.304. The zero-order valence-electron chi connectivity index (χ0n) is 17.3. The number of rotatable bonds is 5. The molecular formula is C23H24ClN5O. The van der Waals surface area contributed by atoms with Crippen LogP contribution in [0.15, 0.2) is 47.5 Å². The van der Waals surface area contributed by atoms with Gasteiger partial charge in [0.1, 0.15) is 11.9 Å². The van der Waals surface area contributed by atoms with Crippen LogP contribution in [0.2, 0.25) is 5.02 Å². The van der Waals surface area contributed by atoms with Crippen molar-refractivity contribution in [2.75, 3.05) is 6.54 Å². The second-order valence-electron chi connectivity index (χ2n) is 7.34. The highest BCUT2D eigenvalue weighted by Gasteiger charge is 2.27. The number of hydrogen-bond donors (Lipinski definition) is 1. The molecule has 2 heterocycles. The molecular weight excluding hydrogens is 398 g/mol. The van der Waals surface area contributed by atoms with Gasteiger partial charge in [0.15, 0.2) is 5.82 Å². The number of aryl methyl sites for hydroxylation is 1. The molecule has 6 nitrogen and oxygen atoms in total. The van der Waals surface area contributed by atoms with Crippen molar-refractivity contribution < 1.29 is 4.79 Å². The largest absolute Gasteiger partial charge is 0.352 e. The predicted octanol–water partition coefficient (Wildman–Crippen LogP) is 4.67. The maximum absolute atomic E-state index is 12.6. The minimum atomic E-state index is -0.137. The van der Waals surface area contributed by atoms with E-state index in [1.165, 1.54) is 0 Å². The molecule has 0 radical (unpaired) electrons. The van der Waals surface area contributed by atoms with Crippen LogP contribution in [-0.4, -0.2) is 32.9 Å². The lowest BCUT2D eigenvalue weighted by atomic mass is 9.98. The van der Waals surface area contributed by atoms with Crippen molar-refractivity contribution in [3.63, 3.8) is 0 Å². The van der Waals surface area contributed by atoms with Crippen molar-refractivity contribution in [1.29, 1.82) is 0 Å². The molecule has 1 amide bonds. The summed E-state index contributed by atoms with van der Waals surface area (Å²) in [6, 6.07) is 13.2. The van der Waals surface area contributed by atoms with Gasteiger partial charge in [-0.05, 0) is 50.1 Å². The first-order valence-electron chi connectivity index (χ1n) is 10.2. The molecule has 2 aromatic carbocycles. The average molecular weight is 422 g/mol. The van der Waals surface area contributed by atoms with Crippen LogP contribution in [0.1, 0.15) is 65.9 Å². The number of aliphatic imine (C=N–C) groups is 1. The van der Waals surface area contributed by atoms with Crippen molar-refractivity contribution in [3.8, 4) is 5.69 Å². The maximum atomic E-state index is 12.6. The van der Waals surface area contributed by atoms with Gasteiger partial charge in [0.2, 0.25) is 0 Å². The summed E-state index contributed by atoms with van der Waals surface area (Å²) in [5.74, 6) is 1.51.